The summed E-state index contributed by atoms with van der Waals surface area (Å²) in [4.78, 5) is 15.8. The number of hydrogen-bond donors (Lipinski definition) is 2. The fraction of sp³-hybridized carbons (Fsp3) is 0.379. The van der Waals surface area contributed by atoms with E-state index < -0.39 is 0 Å². The number of fused-ring (bicyclic) bond motifs is 2. The quantitative estimate of drug-likeness (QED) is 0.383. The van der Waals surface area contributed by atoms with Crippen LogP contribution in [0, 0.1) is 0 Å². The average Bonchev–Trinajstić information content (AvgIpc) is 3.58. The lowest BCUT2D eigenvalue weighted by Gasteiger charge is -2.35. The molecule has 1 saturated heterocycles. The van der Waals surface area contributed by atoms with E-state index in [1.807, 2.05) is 18.3 Å². The van der Waals surface area contributed by atoms with E-state index in [1.54, 1.807) is 0 Å². The third-order valence-corrected chi connectivity index (χ3v) is 7.52. The fourth-order valence-corrected chi connectivity index (χ4v) is 5.74. The molecule has 0 spiro atoms. The highest BCUT2D eigenvalue weighted by atomic mass is 16.5. The number of pyridine rings is 1. The maximum atomic E-state index is 6.26. The van der Waals surface area contributed by atoms with E-state index in [4.69, 9.17) is 20.4 Å². The topological polar surface area (TPSA) is 80.1 Å². The number of H-pyrrole nitrogens is 1. The largest absolute Gasteiger partial charge is 0.374 e. The van der Waals surface area contributed by atoms with Crippen molar-refractivity contribution in [1.29, 1.82) is 0 Å². The van der Waals surface area contributed by atoms with Gasteiger partial charge in [0.15, 0.2) is 0 Å². The Kier molecular flexibility index (Phi) is 6.34. The zero-order chi connectivity index (χ0) is 23.6. The molecule has 1 aliphatic carbocycles. The van der Waals surface area contributed by atoms with Gasteiger partial charge in [-0.2, -0.15) is 0 Å². The third-order valence-electron chi connectivity index (χ3n) is 7.52. The van der Waals surface area contributed by atoms with Gasteiger partial charge in [-0.25, -0.2) is 4.98 Å². The van der Waals surface area contributed by atoms with Gasteiger partial charge in [-0.05, 0) is 72.6 Å². The monoisotopic (exact) mass is 467 g/mol. The molecule has 180 valence electrons. The Hall–Kier alpha value is -3.06. The summed E-state index contributed by atoms with van der Waals surface area (Å²) >= 11 is 0. The molecule has 2 aliphatic rings. The first-order valence-electron chi connectivity index (χ1n) is 12.8. The number of nitrogens with two attached hydrogens (primary N) is 1. The maximum Gasteiger partial charge on any atom is 0.121 e. The van der Waals surface area contributed by atoms with Gasteiger partial charge in [0.2, 0.25) is 0 Å². The SMILES string of the molecule is NCc1cc(C2CCCO2)ccc1CN(Cc1nc2ccccc2[nH]1)C1CCCc2cccnc21. The minimum absolute atomic E-state index is 0.204. The number of rotatable bonds is 7. The summed E-state index contributed by atoms with van der Waals surface area (Å²) in [5, 5.41) is 0. The van der Waals surface area contributed by atoms with Gasteiger partial charge in [0, 0.05) is 25.9 Å². The van der Waals surface area contributed by atoms with E-state index >= 15 is 0 Å². The number of ether oxygens (including phenoxy) is 1. The molecule has 6 rings (SSSR count). The summed E-state index contributed by atoms with van der Waals surface area (Å²) in [6, 6.07) is 19.5. The molecule has 6 nitrogen and oxygen atoms in total. The summed E-state index contributed by atoms with van der Waals surface area (Å²) in [6.45, 7) is 2.90. The van der Waals surface area contributed by atoms with Crippen LogP contribution in [0.4, 0.5) is 0 Å². The molecule has 0 amide bonds. The van der Waals surface area contributed by atoms with E-state index in [0.29, 0.717) is 6.54 Å². The molecule has 6 heteroatoms. The van der Waals surface area contributed by atoms with Crippen molar-refractivity contribution in [2.45, 2.75) is 63.9 Å². The van der Waals surface area contributed by atoms with Crippen molar-refractivity contribution in [1.82, 2.24) is 19.9 Å². The Morgan fingerprint density at radius 2 is 1.94 bits per heavy atom. The molecule has 3 heterocycles. The molecule has 0 saturated carbocycles. The van der Waals surface area contributed by atoms with Gasteiger partial charge in [0.1, 0.15) is 5.82 Å². The fourth-order valence-electron chi connectivity index (χ4n) is 5.74. The van der Waals surface area contributed by atoms with Gasteiger partial charge in [-0.1, -0.05) is 36.4 Å². The van der Waals surface area contributed by atoms with Crippen LogP contribution in [-0.2, 0) is 30.8 Å². The number of nitrogens with one attached hydrogen (secondary N) is 1. The number of aromatic nitrogens is 3. The van der Waals surface area contributed by atoms with Crippen LogP contribution in [0.25, 0.3) is 11.0 Å². The highest BCUT2D eigenvalue weighted by Gasteiger charge is 2.29. The Balaban J connectivity index is 1.34. The Bertz CT molecular complexity index is 1280. The van der Waals surface area contributed by atoms with Gasteiger partial charge in [0.05, 0.1) is 35.4 Å². The predicted octanol–water partition coefficient (Wildman–Crippen LogP) is 5.35. The number of aromatic amines is 1. The number of benzene rings is 2. The molecule has 1 aliphatic heterocycles. The number of nitrogens with zero attached hydrogens (tertiary/aromatic N) is 3. The van der Waals surface area contributed by atoms with Crippen LogP contribution in [-0.4, -0.2) is 26.5 Å². The first-order chi connectivity index (χ1) is 17.3. The van der Waals surface area contributed by atoms with Gasteiger partial charge in [-0.15, -0.1) is 0 Å². The van der Waals surface area contributed by atoms with Crippen molar-refractivity contribution in [3.8, 4) is 0 Å². The minimum Gasteiger partial charge on any atom is -0.374 e. The zero-order valence-corrected chi connectivity index (χ0v) is 20.1. The maximum absolute atomic E-state index is 6.26. The molecular weight excluding hydrogens is 434 g/mol. The Morgan fingerprint density at radius 1 is 1.00 bits per heavy atom. The molecular formula is C29H33N5O. The third kappa shape index (κ3) is 4.61. The lowest BCUT2D eigenvalue weighted by Crippen LogP contribution is -2.32. The lowest BCUT2D eigenvalue weighted by molar-refractivity contribution is 0.112. The zero-order valence-electron chi connectivity index (χ0n) is 20.1. The van der Waals surface area contributed by atoms with Crippen LogP contribution >= 0.6 is 0 Å². The first kappa shape index (κ1) is 22.4. The van der Waals surface area contributed by atoms with E-state index in [9.17, 15) is 0 Å². The van der Waals surface area contributed by atoms with Crippen molar-refractivity contribution < 1.29 is 4.74 Å². The number of hydrogen-bond acceptors (Lipinski definition) is 5. The second kappa shape index (κ2) is 9.90. The number of aryl methyl sites for hydroxylation is 1. The van der Waals surface area contributed by atoms with E-state index in [1.165, 1.54) is 34.4 Å². The molecule has 2 aromatic carbocycles. The Morgan fingerprint density at radius 3 is 2.80 bits per heavy atom. The van der Waals surface area contributed by atoms with Crippen LogP contribution in [0.1, 0.15) is 71.6 Å². The average molecular weight is 468 g/mol. The molecule has 35 heavy (non-hydrogen) atoms. The van der Waals surface area contributed by atoms with Crippen LogP contribution in [0.5, 0.6) is 0 Å². The van der Waals surface area contributed by atoms with Crippen LogP contribution < -0.4 is 5.73 Å². The minimum atomic E-state index is 0.204. The summed E-state index contributed by atoms with van der Waals surface area (Å²) in [5.41, 5.74) is 14.6. The van der Waals surface area contributed by atoms with Crippen molar-refractivity contribution in [3.05, 3.63) is 94.6 Å². The molecule has 2 aromatic heterocycles. The van der Waals surface area contributed by atoms with E-state index in [2.05, 4.69) is 52.3 Å². The summed E-state index contributed by atoms with van der Waals surface area (Å²) in [5.74, 6) is 0.986. The highest BCUT2D eigenvalue weighted by Crippen LogP contribution is 2.36. The highest BCUT2D eigenvalue weighted by molar-refractivity contribution is 5.74. The molecule has 2 unspecified atom stereocenters. The van der Waals surface area contributed by atoms with Crippen LogP contribution in [0.2, 0.25) is 0 Å². The lowest BCUT2D eigenvalue weighted by atomic mass is 9.90. The summed E-state index contributed by atoms with van der Waals surface area (Å²) < 4.78 is 5.93. The van der Waals surface area contributed by atoms with Gasteiger partial charge >= 0.3 is 0 Å². The second-order valence-electron chi connectivity index (χ2n) is 9.80. The molecule has 0 radical (unpaired) electrons. The van der Waals surface area contributed by atoms with Crippen molar-refractivity contribution in [2.75, 3.05) is 6.61 Å². The molecule has 1 fully saturated rings. The van der Waals surface area contributed by atoms with Crippen LogP contribution in [0.15, 0.2) is 60.8 Å². The number of para-hydroxylation sites is 2. The van der Waals surface area contributed by atoms with Gasteiger partial charge in [0.25, 0.3) is 0 Å². The first-order valence-corrected chi connectivity index (χ1v) is 12.8. The molecule has 0 bridgehead atoms. The normalized spacial score (nSPS) is 19.9. The van der Waals surface area contributed by atoms with E-state index in [0.717, 1.165) is 62.2 Å². The molecule has 3 N–H and O–H groups in total. The number of imidazole rings is 1. The van der Waals surface area contributed by atoms with Gasteiger partial charge in [-0.3, -0.25) is 9.88 Å². The van der Waals surface area contributed by atoms with E-state index in [-0.39, 0.29) is 12.1 Å². The van der Waals surface area contributed by atoms with Crippen molar-refractivity contribution in [2.24, 2.45) is 5.73 Å². The predicted molar refractivity (Wildman–Crippen MR) is 138 cm³/mol. The second-order valence-corrected chi connectivity index (χ2v) is 9.80. The van der Waals surface area contributed by atoms with Crippen LogP contribution in [0.3, 0.4) is 0 Å². The van der Waals surface area contributed by atoms with Crippen molar-refractivity contribution >= 4 is 11.0 Å². The standard InChI is InChI=1S/C29H33N5O/c30-17-23-16-21(27-11-5-15-35-27)12-13-22(23)18-34(19-28-32-24-8-1-2-9-25(24)33-28)26-10-3-6-20-7-4-14-31-29(20)26/h1-2,4,7-9,12-14,16,26-27H,3,5-6,10-11,15,17-19,30H2,(H,32,33). The summed E-state index contributed by atoms with van der Waals surface area (Å²) in [6.07, 6.45) is 7.71. The molecule has 2 atom stereocenters. The van der Waals surface area contributed by atoms with Gasteiger partial charge < -0.3 is 15.5 Å². The Labute approximate surface area is 206 Å². The summed E-state index contributed by atoms with van der Waals surface area (Å²) in [7, 11) is 0. The smallest absolute Gasteiger partial charge is 0.121 e. The van der Waals surface area contributed by atoms with Crippen molar-refractivity contribution in [3.63, 3.8) is 0 Å². The molecule has 4 aromatic rings.